The summed E-state index contributed by atoms with van der Waals surface area (Å²) in [6.45, 7) is 4.78. The van der Waals surface area contributed by atoms with Crippen LogP contribution in [0.4, 0.5) is 5.69 Å². The van der Waals surface area contributed by atoms with Crippen molar-refractivity contribution in [3.63, 3.8) is 0 Å². The molecule has 23 heavy (non-hydrogen) atoms. The number of nitrogens with two attached hydrogens (primary N) is 1. The van der Waals surface area contributed by atoms with Crippen LogP contribution in [0.2, 0.25) is 0 Å². The molecule has 7 heteroatoms. The number of carbonyl (C=O) groups is 1. The van der Waals surface area contributed by atoms with Gasteiger partial charge >= 0.3 is 0 Å². The minimum Gasteiger partial charge on any atom is -0.396 e. The van der Waals surface area contributed by atoms with E-state index in [2.05, 4.69) is 10.1 Å². The van der Waals surface area contributed by atoms with Gasteiger partial charge in [0.05, 0.1) is 16.1 Å². The summed E-state index contributed by atoms with van der Waals surface area (Å²) in [4.78, 5) is 20.8. The zero-order valence-electron chi connectivity index (χ0n) is 13.4. The second kappa shape index (κ2) is 6.00. The first-order valence-electron chi connectivity index (χ1n) is 7.47. The smallest absolute Gasteiger partial charge is 0.255 e. The molecule has 0 fully saturated rings. The number of rotatable bonds is 4. The van der Waals surface area contributed by atoms with Gasteiger partial charge in [-0.05, 0) is 31.5 Å². The lowest BCUT2D eigenvalue weighted by molar-refractivity contribution is 0.0794. The number of hydrogen-bond donors (Lipinski definition) is 1. The van der Waals surface area contributed by atoms with Gasteiger partial charge in [0.15, 0.2) is 11.5 Å². The maximum atomic E-state index is 12.4. The number of anilines is 1. The van der Waals surface area contributed by atoms with Gasteiger partial charge in [-0.1, -0.05) is 6.92 Å². The maximum Gasteiger partial charge on any atom is 0.255 e. The molecule has 3 rings (SSSR count). The molecule has 0 unspecified atom stereocenters. The van der Waals surface area contributed by atoms with Crippen molar-refractivity contribution in [1.29, 1.82) is 0 Å². The fourth-order valence-corrected chi connectivity index (χ4v) is 3.24. The van der Waals surface area contributed by atoms with E-state index in [9.17, 15) is 4.79 Å². The highest BCUT2D eigenvalue weighted by Gasteiger charge is 2.16. The lowest BCUT2D eigenvalue weighted by Crippen LogP contribution is -2.27. The number of carbonyl (C=O) groups excluding carboxylic acids is 1. The van der Waals surface area contributed by atoms with Crippen molar-refractivity contribution in [3.8, 4) is 10.7 Å². The fourth-order valence-electron chi connectivity index (χ4n) is 2.44. The molecule has 2 N–H and O–H groups in total. The number of nitrogens with zero attached hydrogens (tertiary/aromatic N) is 4. The van der Waals surface area contributed by atoms with E-state index in [4.69, 9.17) is 5.73 Å². The second-order valence-corrected chi connectivity index (χ2v) is 6.81. The number of hydrogen-bond acceptors (Lipinski definition) is 5. The number of thiophene rings is 1. The summed E-state index contributed by atoms with van der Waals surface area (Å²) in [5, 5.41) is 4.47. The summed E-state index contributed by atoms with van der Waals surface area (Å²) in [5.74, 6) is 0.561. The van der Waals surface area contributed by atoms with Crippen LogP contribution in [-0.4, -0.2) is 39.0 Å². The molecule has 0 atom stereocenters. The van der Waals surface area contributed by atoms with Crippen molar-refractivity contribution >= 4 is 28.6 Å². The van der Waals surface area contributed by atoms with E-state index in [1.807, 2.05) is 26.0 Å². The normalized spacial score (nSPS) is 11.1. The van der Waals surface area contributed by atoms with Crippen LogP contribution in [0.1, 0.15) is 28.6 Å². The van der Waals surface area contributed by atoms with E-state index in [-0.39, 0.29) is 5.91 Å². The predicted octanol–water partition coefficient (Wildman–Crippen LogP) is 2.83. The Bertz CT molecular complexity index is 867. The van der Waals surface area contributed by atoms with Gasteiger partial charge in [-0.2, -0.15) is 0 Å². The Balaban J connectivity index is 2.03. The third-order valence-corrected chi connectivity index (χ3v) is 4.57. The maximum absolute atomic E-state index is 12.4. The molecule has 0 saturated heterocycles. The third-order valence-electron chi connectivity index (χ3n) is 3.58. The van der Waals surface area contributed by atoms with Crippen molar-refractivity contribution in [1.82, 2.24) is 19.5 Å². The van der Waals surface area contributed by atoms with Crippen LogP contribution in [0.25, 0.3) is 16.3 Å². The zero-order valence-corrected chi connectivity index (χ0v) is 14.2. The molecular formula is C16H19N5OS. The van der Waals surface area contributed by atoms with Crippen molar-refractivity contribution in [3.05, 3.63) is 34.8 Å². The second-order valence-electron chi connectivity index (χ2n) is 5.52. The number of amides is 1. The van der Waals surface area contributed by atoms with E-state index in [1.54, 1.807) is 40.1 Å². The molecule has 3 aromatic heterocycles. The number of pyridine rings is 1. The first kappa shape index (κ1) is 15.5. The van der Waals surface area contributed by atoms with Crippen molar-refractivity contribution in [2.24, 2.45) is 0 Å². The van der Waals surface area contributed by atoms with E-state index in [0.29, 0.717) is 29.3 Å². The Labute approximate surface area is 138 Å². The van der Waals surface area contributed by atoms with E-state index < -0.39 is 0 Å². The van der Waals surface area contributed by atoms with E-state index in [0.717, 1.165) is 11.3 Å². The number of aromatic nitrogens is 3. The molecular weight excluding hydrogens is 310 g/mol. The SMILES string of the molecule is CCCN(C)C(=O)c1cc(N)c2nc(-c3ccc(C)s3)nn2c1. The van der Waals surface area contributed by atoms with Crippen LogP contribution >= 0.6 is 11.3 Å². The van der Waals surface area contributed by atoms with Crippen LogP contribution < -0.4 is 5.73 Å². The Morgan fingerprint density at radius 1 is 1.43 bits per heavy atom. The van der Waals surface area contributed by atoms with Gasteiger partial charge in [-0.3, -0.25) is 4.79 Å². The molecule has 0 saturated carbocycles. The quantitative estimate of drug-likeness (QED) is 0.798. The molecule has 3 heterocycles. The summed E-state index contributed by atoms with van der Waals surface area (Å²) in [6.07, 6.45) is 2.60. The summed E-state index contributed by atoms with van der Waals surface area (Å²) in [5.41, 5.74) is 7.61. The van der Waals surface area contributed by atoms with E-state index >= 15 is 0 Å². The predicted molar refractivity (Wildman–Crippen MR) is 92.7 cm³/mol. The van der Waals surface area contributed by atoms with Gasteiger partial charge in [0.25, 0.3) is 5.91 Å². The Morgan fingerprint density at radius 2 is 2.22 bits per heavy atom. The first-order valence-corrected chi connectivity index (χ1v) is 8.29. The molecule has 0 aromatic carbocycles. The highest BCUT2D eigenvalue weighted by atomic mass is 32.1. The number of fused-ring (bicyclic) bond motifs is 1. The van der Waals surface area contributed by atoms with Crippen LogP contribution in [0.5, 0.6) is 0 Å². The van der Waals surface area contributed by atoms with Crippen molar-refractivity contribution < 1.29 is 4.79 Å². The van der Waals surface area contributed by atoms with Crippen molar-refractivity contribution in [2.45, 2.75) is 20.3 Å². The summed E-state index contributed by atoms with van der Waals surface area (Å²) >= 11 is 1.63. The Kier molecular flexibility index (Phi) is 4.04. The molecule has 0 aliphatic rings. The minimum absolute atomic E-state index is 0.0653. The Hall–Kier alpha value is -2.41. The summed E-state index contributed by atoms with van der Waals surface area (Å²) < 4.78 is 1.59. The Morgan fingerprint density at radius 3 is 2.87 bits per heavy atom. The molecule has 0 radical (unpaired) electrons. The average Bonchev–Trinajstić information content (AvgIpc) is 3.12. The zero-order chi connectivity index (χ0) is 16.6. The van der Waals surface area contributed by atoms with Crippen LogP contribution in [0, 0.1) is 6.92 Å². The first-order chi connectivity index (χ1) is 11.0. The average molecular weight is 329 g/mol. The van der Waals surface area contributed by atoms with Crippen LogP contribution in [-0.2, 0) is 0 Å². The van der Waals surface area contributed by atoms with Crippen molar-refractivity contribution in [2.75, 3.05) is 19.3 Å². The molecule has 0 aliphatic heterocycles. The number of aryl methyl sites for hydroxylation is 1. The number of nitrogen functional groups attached to an aromatic ring is 1. The van der Waals surface area contributed by atoms with Gasteiger partial charge in [0, 0.05) is 24.7 Å². The largest absolute Gasteiger partial charge is 0.396 e. The monoisotopic (exact) mass is 329 g/mol. The third kappa shape index (κ3) is 2.92. The standard InChI is InChI=1S/C16H19N5OS/c1-4-7-20(3)16(22)11-8-12(17)15-18-14(19-21(15)9-11)13-6-5-10(2)23-13/h5-6,8-9H,4,7,17H2,1-3H3. The van der Waals surface area contributed by atoms with Gasteiger partial charge < -0.3 is 10.6 Å². The lowest BCUT2D eigenvalue weighted by atomic mass is 10.2. The summed E-state index contributed by atoms with van der Waals surface area (Å²) in [7, 11) is 1.79. The topological polar surface area (TPSA) is 76.5 Å². The molecule has 0 bridgehead atoms. The fraction of sp³-hybridized carbons (Fsp3) is 0.312. The highest BCUT2D eigenvalue weighted by Crippen LogP contribution is 2.26. The highest BCUT2D eigenvalue weighted by molar-refractivity contribution is 7.15. The minimum atomic E-state index is -0.0653. The van der Waals surface area contributed by atoms with Gasteiger partial charge in [-0.25, -0.2) is 9.50 Å². The van der Waals surface area contributed by atoms with Gasteiger partial charge in [-0.15, -0.1) is 16.4 Å². The molecule has 120 valence electrons. The molecule has 3 aromatic rings. The van der Waals surface area contributed by atoms with Crippen LogP contribution in [0.3, 0.4) is 0 Å². The molecule has 6 nitrogen and oxygen atoms in total. The summed E-state index contributed by atoms with van der Waals surface area (Å²) in [6, 6.07) is 5.69. The molecule has 1 amide bonds. The van der Waals surface area contributed by atoms with E-state index in [1.165, 1.54) is 4.88 Å². The molecule has 0 spiro atoms. The molecule has 0 aliphatic carbocycles. The van der Waals surface area contributed by atoms with Crippen LogP contribution in [0.15, 0.2) is 24.4 Å². The lowest BCUT2D eigenvalue weighted by Gasteiger charge is -2.16. The van der Waals surface area contributed by atoms with Gasteiger partial charge in [0.2, 0.25) is 0 Å². The van der Waals surface area contributed by atoms with Gasteiger partial charge in [0.1, 0.15) is 0 Å².